The molecule has 9 nitrogen and oxygen atoms in total. The molecule has 38 heavy (non-hydrogen) atoms. The molecule has 202 valence electrons. The van der Waals surface area contributed by atoms with Crippen molar-refractivity contribution in [1.82, 2.24) is 9.80 Å². The minimum absolute atomic E-state index is 0.0326. The predicted molar refractivity (Wildman–Crippen MR) is 143 cm³/mol. The number of carbonyl (C=O) groups excluding carboxylic acids is 4. The molecule has 2 saturated heterocycles. The molecule has 6 atom stereocenters. The first-order valence-corrected chi connectivity index (χ1v) is 14.6. The number of phenols is 1. The second-order valence-electron chi connectivity index (χ2n) is 10.0. The zero-order chi connectivity index (χ0) is 27.7. The average Bonchev–Trinajstić information content (AvgIpc) is 3.19. The molecule has 4 amide bonds. The Bertz CT molecular complexity index is 1320. The van der Waals surface area contributed by atoms with E-state index in [-0.39, 0.29) is 49.0 Å². The van der Waals surface area contributed by atoms with Crippen LogP contribution in [-0.4, -0.2) is 71.4 Å². The van der Waals surface area contributed by atoms with E-state index in [0.29, 0.717) is 10.0 Å². The number of carboxylic acid groups (broad SMARTS) is 1. The monoisotopic (exact) mass is 690 g/mol. The van der Waals surface area contributed by atoms with E-state index in [0.717, 1.165) is 9.80 Å². The summed E-state index contributed by atoms with van der Waals surface area (Å²) in [5.41, 5.74) is 0.688. The lowest BCUT2D eigenvalue weighted by atomic mass is 9.56. The quantitative estimate of drug-likeness (QED) is 0.201. The minimum atomic E-state index is -2.00. The molecular formula is C25H22Br2Cl2N2O7. The lowest BCUT2D eigenvalue weighted by Crippen LogP contribution is -2.60. The topological polar surface area (TPSA) is 132 Å². The van der Waals surface area contributed by atoms with E-state index in [1.165, 1.54) is 6.07 Å². The van der Waals surface area contributed by atoms with Crippen LogP contribution in [0.25, 0.3) is 0 Å². The Morgan fingerprint density at radius 2 is 1.79 bits per heavy atom. The number of aromatic hydroxyl groups is 1. The summed E-state index contributed by atoms with van der Waals surface area (Å²) >= 11 is 20.8. The van der Waals surface area contributed by atoms with Crippen molar-refractivity contribution in [3.63, 3.8) is 0 Å². The van der Waals surface area contributed by atoms with Crippen LogP contribution in [0.1, 0.15) is 37.2 Å². The van der Waals surface area contributed by atoms with Gasteiger partial charge < -0.3 is 10.2 Å². The lowest BCUT2D eigenvalue weighted by Gasteiger charge is -2.50. The summed E-state index contributed by atoms with van der Waals surface area (Å²) in [5, 5.41) is 19.9. The smallest absolute Gasteiger partial charge is 0.303 e. The molecule has 2 aliphatic carbocycles. The first kappa shape index (κ1) is 27.6. The highest BCUT2D eigenvalue weighted by Gasteiger charge is 2.76. The molecule has 2 N–H and O–H groups in total. The van der Waals surface area contributed by atoms with Crippen molar-refractivity contribution in [1.29, 1.82) is 0 Å². The van der Waals surface area contributed by atoms with Gasteiger partial charge in [0.05, 0.1) is 17.3 Å². The van der Waals surface area contributed by atoms with Crippen LogP contribution in [0.5, 0.6) is 5.75 Å². The minimum Gasteiger partial charge on any atom is -0.508 e. The molecule has 5 rings (SSSR count). The number of allylic oxidation sites excluding steroid dienone is 2. The van der Waals surface area contributed by atoms with Crippen LogP contribution in [0.2, 0.25) is 0 Å². The third kappa shape index (κ3) is 3.72. The molecule has 0 bridgehead atoms. The van der Waals surface area contributed by atoms with E-state index < -0.39 is 63.0 Å². The van der Waals surface area contributed by atoms with Crippen LogP contribution < -0.4 is 0 Å². The molecule has 0 radical (unpaired) electrons. The Morgan fingerprint density at radius 1 is 1.08 bits per heavy atom. The van der Waals surface area contributed by atoms with Crippen LogP contribution in [0.3, 0.4) is 0 Å². The second kappa shape index (κ2) is 9.60. The van der Waals surface area contributed by atoms with Gasteiger partial charge in [-0.15, -0.1) is 23.2 Å². The maximum absolute atomic E-state index is 13.7. The predicted octanol–water partition coefficient (Wildman–Crippen LogP) is 3.73. The van der Waals surface area contributed by atoms with E-state index >= 15 is 0 Å². The Morgan fingerprint density at radius 3 is 2.45 bits per heavy atom. The number of halogens is 4. The van der Waals surface area contributed by atoms with Crippen molar-refractivity contribution in [2.45, 2.75) is 41.3 Å². The van der Waals surface area contributed by atoms with Crippen LogP contribution in [-0.2, 0) is 24.0 Å². The number of fused-ring (bicyclic) bond motifs is 4. The molecule has 6 unspecified atom stereocenters. The summed E-state index contributed by atoms with van der Waals surface area (Å²) < 4.78 is 0.591. The number of nitrogens with zero attached hydrogens (tertiary/aromatic N) is 2. The highest BCUT2D eigenvalue weighted by Crippen LogP contribution is 2.66. The van der Waals surface area contributed by atoms with Crippen LogP contribution in [0.4, 0.5) is 0 Å². The van der Waals surface area contributed by atoms with Crippen molar-refractivity contribution in [2.75, 3.05) is 12.0 Å². The number of aliphatic carboxylic acids is 1. The van der Waals surface area contributed by atoms with Gasteiger partial charge in [0, 0.05) is 28.9 Å². The van der Waals surface area contributed by atoms with Crippen LogP contribution >= 0.6 is 55.1 Å². The highest BCUT2D eigenvalue weighted by atomic mass is 79.9. The van der Waals surface area contributed by atoms with E-state index in [2.05, 4.69) is 31.9 Å². The number of hydrogen-bond acceptors (Lipinski definition) is 6. The molecule has 2 heterocycles. The highest BCUT2D eigenvalue weighted by molar-refractivity contribution is 9.10. The SMILES string of the molecule is O=C(O)CCCN1C(=O)C2CC=C3C(CC4(Cl)C(=O)N(CBr)C(=O)C4(Cl)C3c3cc(Br)ccc3O)C2C1=O. The first-order chi connectivity index (χ1) is 17.9. The number of amides is 4. The summed E-state index contributed by atoms with van der Waals surface area (Å²) in [4.78, 5) is 63.1. The maximum Gasteiger partial charge on any atom is 0.303 e. The van der Waals surface area contributed by atoms with Gasteiger partial charge >= 0.3 is 5.97 Å². The molecule has 1 aromatic rings. The van der Waals surface area contributed by atoms with Gasteiger partial charge in [0.2, 0.25) is 11.8 Å². The van der Waals surface area contributed by atoms with Gasteiger partial charge in [-0.25, -0.2) is 0 Å². The number of imide groups is 2. The van der Waals surface area contributed by atoms with Crippen molar-refractivity contribution < 1.29 is 34.2 Å². The summed E-state index contributed by atoms with van der Waals surface area (Å²) in [6, 6.07) is 4.65. The van der Waals surface area contributed by atoms with E-state index in [9.17, 15) is 29.1 Å². The molecule has 0 spiro atoms. The van der Waals surface area contributed by atoms with Gasteiger partial charge in [-0.2, -0.15) is 0 Å². The van der Waals surface area contributed by atoms with Crippen molar-refractivity contribution in [3.8, 4) is 5.75 Å². The molecule has 0 aromatic heterocycles. The van der Waals surface area contributed by atoms with E-state index in [1.807, 2.05) is 0 Å². The summed E-state index contributed by atoms with van der Waals surface area (Å²) in [7, 11) is 0. The number of rotatable bonds is 6. The molecular weight excluding hydrogens is 671 g/mol. The molecule has 2 aliphatic heterocycles. The van der Waals surface area contributed by atoms with Gasteiger partial charge in [0.15, 0.2) is 9.75 Å². The van der Waals surface area contributed by atoms with Crippen LogP contribution in [0, 0.1) is 17.8 Å². The fourth-order valence-electron chi connectivity index (χ4n) is 6.53. The first-order valence-electron chi connectivity index (χ1n) is 11.9. The zero-order valence-electron chi connectivity index (χ0n) is 19.7. The number of alkyl halides is 3. The molecule has 1 saturated carbocycles. The van der Waals surface area contributed by atoms with Crippen molar-refractivity contribution in [2.24, 2.45) is 17.8 Å². The van der Waals surface area contributed by atoms with Gasteiger partial charge in [0.1, 0.15) is 5.75 Å². The Hall–Kier alpha value is -1.95. The Labute approximate surface area is 244 Å². The lowest BCUT2D eigenvalue weighted by molar-refractivity contribution is -0.142. The molecule has 4 aliphatic rings. The normalized spacial score (nSPS) is 34.3. The number of carbonyl (C=O) groups is 5. The summed E-state index contributed by atoms with van der Waals surface area (Å²) in [5.74, 6) is -6.84. The maximum atomic E-state index is 13.7. The second-order valence-corrected chi connectivity index (χ2v) is 12.7. The number of likely N-dealkylation sites (tertiary alicyclic amines) is 2. The van der Waals surface area contributed by atoms with Crippen molar-refractivity contribution in [3.05, 3.63) is 39.9 Å². The Balaban J connectivity index is 1.64. The largest absolute Gasteiger partial charge is 0.508 e. The van der Waals surface area contributed by atoms with Gasteiger partial charge in [-0.05, 0) is 43.4 Å². The average molecular weight is 693 g/mol. The summed E-state index contributed by atoms with van der Waals surface area (Å²) in [6.45, 7) is -0.0326. The third-order valence-corrected chi connectivity index (χ3v) is 10.6. The fraction of sp³-hybridized carbons (Fsp3) is 0.480. The van der Waals surface area contributed by atoms with Gasteiger partial charge in [-0.3, -0.25) is 33.8 Å². The zero-order valence-corrected chi connectivity index (χ0v) is 24.4. The van der Waals surface area contributed by atoms with Gasteiger partial charge in [-0.1, -0.05) is 43.5 Å². The standard InChI is InChI=1S/C25H22Br2Cl2N2O7/c26-10-31-22(37)24(28)9-15-12(19(25(24,29)23(31)38)14-8-11(27)3-6-16(14)32)4-5-13-18(15)21(36)30(20(13)35)7-1-2-17(33)34/h3-4,6,8,13,15,18-19,32H,1-2,5,7,9-10H2,(H,33,34). The third-order valence-electron chi connectivity index (χ3n) is 8.18. The van der Waals surface area contributed by atoms with Crippen LogP contribution in [0.15, 0.2) is 34.3 Å². The number of carboxylic acids is 1. The van der Waals surface area contributed by atoms with Crippen molar-refractivity contribution >= 4 is 84.7 Å². The number of phenolic OH excluding ortho intramolecular Hbond substituents is 1. The molecule has 3 fully saturated rings. The molecule has 1 aromatic carbocycles. The van der Waals surface area contributed by atoms with E-state index in [1.54, 1.807) is 18.2 Å². The molecule has 13 heteroatoms. The fourth-order valence-corrected chi connectivity index (χ4v) is 8.33. The summed E-state index contributed by atoms with van der Waals surface area (Å²) in [6.07, 6.45) is 1.73. The van der Waals surface area contributed by atoms with Gasteiger partial charge in [0.25, 0.3) is 11.8 Å². The number of hydrogen-bond donors (Lipinski definition) is 2. The Kier molecular flexibility index (Phi) is 6.98. The van der Waals surface area contributed by atoms with E-state index in [4.69, 9.17) is 28.3 Å². The number of benzene rings is 1.